The number of hydrogen-bond donors (Lipinski definition) is 2. The Labute approximate surface area is 189 Å². The van der Waals surface area contributed by atoms with Gasteiger partial charge in [0.05, 0.1) is 17.1 Å². The molecule has 2 aromatic carbocycles. The molecule has 168 valence electrons. The molecular weight excluding hydrogens is 436 g/mol. The molecule has 2 N–H and O–H groups in total. The van der Waals surface area contributed by atoms with Crippen molar-refractivity contribution in [3.05, 3.63) is 46.7 Å². The van der Waals surface area contributed by atoms with Crippen molar-refractivity contribution in [1.29, 1.82) is 0 Å². The van der Waals surface area contributed by atoms with Gasteiger partial charge in [-0.05, 0) is 45.1 Å². The Hall–Kier alpha value is -2.55. The van der Waals surface area contributed by atoms with Gasteiger partial charge in [0.25, 0.3) is 0 Å². The molecule has 0 saturated carbocycles. The van der Waals surface area contributed by atoms with E-state index in [1.54, 1.807) is 6.07 Å². The van der Waals surface area contributed by atoms with Crippen molar-refractivity contribution >= 4 is 28.3 Å². The van der Waals surface area contributed by atoms with E-state index in [2.05, 4.69) is 15.2 Å². The highest BCUT2D eigenvalue weighted by Gasteiger charge is 2.34. The van der Waals surface area contributed by atoms with E-state index in [0.29, 0.717) is 35.7 Å². The number of piperazine rings is 1. The number of halogens is 3. The smallest absolute Gasteiger partial charge is 0.159 e. The van der Waals surface area contributed by atoms with E-state index >= 15 is 4.39 Å². The van der Waals surface area contributed by atoms with Crippen molar-refractivity contribution < 1.29 is 13.9 Å². The monoisotopic (exact) mass is 459 g/mol. The van der Waals surface area contributed by atoms with Crippen LogP contribution in [0.4, 0.5) is 14.6 Å². The molecule has 0 aliphatic carbocycles. The van der Waals surface area contributed by atoms with Gasteiger partial charge in [0.15, 0.2) is 5.82 Å². The van der Waals surface area contributed by atoms with Crippen molar-refractivity contribution in [3.8, 4) is 16.9 Å². The van der Waals surface area contributed by atoms with Crippen LogP contribution in [0.5, 0.6) is 5.75 Å². The van der Waals surface area contributed by atoms with Crippen LogP contribution in [0, 0.1) is 11.6 Å². The third-order valence-electron chi connectivity index (χ3n) is 6.12. The van der Waals surface area contributed by atoms with Crippen molar-refractivity contribution in [2.45, 2.75) is 31.5 Å². The third kappa shape index (κ3) is 3.66. The molecule has 32 heavy (non-hydrogen) atoms. The number of phenols is 1. The number of phenolic OH excluding ortho intramolecular Hbond substituents is 1. The minimum atomic E-state index is -0.769. The summed E-state index contributed by atoms with van der Waals surface area (Å²) in [5, 5.41) is 14.3. The van der Waals surface area contributed by atoms with Crippen LogP contribution in [0.2, 0.25) is 5.02 Å². The second-order valence-electron chi connectivity index (χ2n) is 8.82. The summed E-state index contributed by atoms with van der Waals surface area (Å²) in [6.45, 7) is 1.95. The molecule has 3 aromatic rings. The Balaban J connectivity index is 1.74. The maximum Gasteiger partial charge on any atom is 0.159 e. The summed E-state index contributed by atoms with van der Waals surface area (Å²) >= 11 is 6.48. The Kier molecular flexibility index (Phi) is 5.39. The van der Waals surface area contributed by atoms with Crippen molar-refractivity contribution in [2.75, 3.05) is 32.1 Å². The molecule has 0 amide bonds. The Bertz CT molecular complexity index is 1170. The quantitative estimate of drug-likeness (QED) is 0.616. The van der Waals surface area contributed by atoms with Crippen LogP contribution < -0.4 is 10.2 Å². The summed E-state index contributed by atoms with van der Waals surface area (Å²) in [5.41, 5.74) is -0.401. The Morgan fingerprint density at radius 1 is 1.16 bits per heavy atom. The highest BCUT2D eigenvalue weighted by Crippen LogP contribution is 2.42. The number of fused-ring (bicyclic) bond motifs is 3. The Morgan fingerprint density at radius 2 is 1.88 bits per heavy atom. The maximum absolute atomic E-state index is 15.9. The van der Waals surface area contributed by atoms with E-state index in [4.69, 9.17) is 16.6 Å². The lowest BCUT2D eigenvalue weighted by molar-refractivity contribution is 0.390. The molecule has 2 unspecified atom stereocenters. The van der Waals surface area contributed by atoms with Gasteiger partial charge in [-0.25, -0.2) is 18.7 Å². The van der Waals surface area contributed by atoms with Gasteiger partial charge in [-0.1, -0.05) is 17.7 Å². The maximum atomic E-state index is 15.9. The lowest BCUT2D eigenvalue weighted by atomic mass is 10.0. The van der Waals surface area contributed by atoms with Gasteiger partial charge in [0.1, 0.15) is 28.7 Å². The highest BCUT2D eigenvalue weighted by atomic mass is 35.5. The van der Waals surface area contributed by atoms with Crippen LogP contribution in [0.1, 0.15) is 18.7 Å². The molecule has 0 radical (unpaired) electrons. The highest BCUT2D eigenvalue weighted by molar-refractivity contribution is 6.34. The lowest BCUT2D eigenvalue weighted by Gasteiger charge is -2.34. The van der Waals surface area contributed by atoms with Gasteiger partial charge in [-0.15, -0.1) is 0 Å². The number of aromatic hydroxyl groups is 1. The number of nitrogens with one attached hydrogen (secondary N) is 1. The van der Waals surface area contributed by atoms with E-state index in [1.807, 2.05) is 19.0 Å². The first-order valence-corrected chi connectivity index (χ1v) is 11.0. The van der Waals surface area contributed by atoms with Gasteiger partial charge < -0.3 is 20.2 Å². The van der Waals surface area contributed by atoms with Crippen molar-refractivity contribution in [3.63, 3.8) is 0 Å². The normalized spacial score (nSPS) is 20.5. The Morgan fingerprint density at radius 3 is 2.53 bits per heavy atom. The first-order chi connectivity index (χ1) is 15.3. The molecule has 6 nitrogen and oxygen atoms in total. The summed E-state index contributed by atoms with van der Waals surface area (Å²) in [6, 6.07) is 6.14. The molecule has 0 spiro atoms. The molecule has 3 heterocycles. The first kappa shape index (κ1) is 21.3. The largest absolute Gasteiger partial charge is 0.507 e. The third-order valence-corrected chi connectivity index (χ3v) is 6.42. The predicted octanol–water partition coefficient (Wildman–Crippen LogP) is 3.94. The van der Waals surface area contributed by atoms with Crippen LogP contribution in [0.15, 0.2) is 24.3 Å². The lowest BCUT2D eigenvalue weighted by Crippen LogP contribution is -2.51. The predicted molar refractivity (Wildman–Crippen MR) is 121 cm³/mol. The molecule has 5 rings (SSSR count). The van der Waals surface area contributed by atoms with Gasteiger partial charge in [-0.2, -0.15) is 0 Å². The second kappa shape index (κ2) is 8.10. The van der Waals surface area contributed by atoms with E-state index in [0.717, 1.165) is 32.0 Å². The zero-order valence-electron chi connectivity index (χ0n) is 17.9. The van der Waals surface area contributed by atoms with Crippen LogP contribution in [-0.2, 0) is 6.54 Å². The molecule has 2 fully saturated rings. The fourth-order valence-electron chi connectivity index (χ4n) is 4.78. The number of nitrogens with zero attached hydrogens (tertiary/aromatic N) is 4. The summed E-state index contributed by atoms with van der Waals surface area (Å²) < 4.78 is 30.5. The zero-order valence-corrected chi connectivity index (χ0v) is 18.6. The summed E-state index contributed by atoms with van der Waals surface area (Å²) in [7, 11) is 3.78. The number of rotatable bonds is 4. The molecular formula is C23H24ClF2N5O. The van der Waals surface area contributed by atoms with E-state index in [1.165, 1.54) is 12.1 Å². The molecule has 2 saturated heterocycles. The minimum Gasteiger partial charge on any atom is -0.507 e. The topological polar surface area (TPSA) is 64.5 Å². The molecule has 9 heteroatoms. The van der Waals surface area contributed by atoms with E-state index in [9.17, 15) is 9.50 Å². The summed E-state index contributed by atoms with van der Waals surface area (Å²) in [6.07, 6.45) is 2.20. The van der Waals surface area contributed by atoms with Crippen LogP contribution in [0.3, 0.4) is 0 Å². The molecule has 2 bridgehead atoms. The first-order valence-electron chi connectivity index (χ1n) is 10.6. The molecule has 2 aliphatic heterocycles. The summed E-state index contributed by atoms with van der Waals surface area (Å²) in [4.78, 5) is 13.3. The average molecular weight is 460 g/mol. The SMILES string of the molecule is CN(C)Cc1nc(N2CC3CCC(C2)N3)c2cc(Cl)c(-c3c(O)cccc3F)c(F)c2n1. The zero-order chi connectivity index (χ0) is 22.6. The number of aromatic nitrogens is 2. The van der Waals surface area contributed by atoms with E-state index < -0.39 is 11.6 Å². The molecule has 1 aromatic heterocycles. The average Bonchev–Trinajstić information content (AvgIpc) is 3.07. The van der Waals surface area contributed by atoms with E-state index in [-0.39, 0.29) is 27.4 Å². The number of hydrogen-bond acceptors (Lipinski definition) is 6. The number of benzene rings is 2. The summed E-state index contributed by atoms with van der Waals surface area (Å²) in [5.74, 6) is -0.809. The van der Waals surface area contributed by atoms with Gasteiger partial charge >= 0.3 is 0 Å². The fraction of sp³-hybridized carbons (Fsp3) is 0.391. The number of anilines is 1. The fourth-order valence-corrected chi connectivity index (χ4v) is 5.07. The van der Waals surface area contributed by atoms with Crippen molar-refractivity contribution in [1.82, 2.24) is 20.2 Å². The standard InChI is InChI=1S/C23H24ClF2N5O/c1-30(2)11-18-28-22-14(23(29-18)31-9-12-6-7-13(10-31)27-12)8-15(24)19(21(22)26)20-16(25)4-3-5-17(20)32/h3-5,8,12-13,27,32H,6-7,9-11H2,1-2H3. The molecule has 2 atom stereocenters. The van der Waals surface area contributed by atoms with Crippen molar-refractivity contribution in [2.24, 2.45) is 0 Å². The minimum absolute atomic E-state index is 0.00119. The second-order valence-corrected chi connectivity index (χ2v) is 9.23. The van der Waals surface area contributed by atoms with Crippen LogP contribution in [0.25, 0.3) is 22.0 Å². The van der Waals surface area contributed by atoms with Gasteiger partial charge in [0.2, 0.25) is 0 Å². The molecule has 2 aliphatic rings. The van der Waals surface area contributed by atoms with Crippen LogP contribution >= 0.6 is 11.6 Å². The van der Waals surface area contributed by atoms with Gasteiger partial charge in [0, 0.05) is 36.1 Å². The van der Waals surface area contributed by atoms with Crippen LogP contribution in [-0.4, -0.2) is 59.2 Å². The van der Waals surface area contributed by atoms with Gasteiger partial charge in [-0.3, -0.25) is 0 Å².